The summed E-state index contributed by atoms with van der Waals surface area (Å²) in [4.78, 5) is 29.0. The molecule has 3 N–H and O–H groups in total. The van der Waals surface area contributed by atoms with Gasteiger partial charge in [0.15, 0.2) is 0 Å². The van der Waals surface area contributed by atoms with Crippen LogP contribution in [0.5, 0.6) is 0 Å². The van der Waals surface area contributed by atoms with E-state index in [0.717, 1.165) is 67.9 Å². The highest BCUT2D eigenvalue weighted by molar-refractivity contribution is 8.93. The van der Waals surface area contributed by atoms with Crippen LogP contribution >= 0.6 is 28.3 Å². The SMILES string of the molecule is Br.COC(=O)CCC1CCC(c2sc(C3CCNCC3)nc2C(N)=O)CC1. The van der Waals surface area contributed by atoms with Crippen molar-refractivity contribution in [2.24, 2.45) is 11.7 Å². The Morgan fingerprint density at radius 3 is 2.41 bits per heavy atom. The first-order chi connectivity index (χ1) is 12.6. The number of thiazole rings is 1. The first-order valence-electron chi connectivity index (χ1n) is 9.66. The van der Waals surface area contributed by atoms with E-state index in [4.69, 9.17) is 10.5 Å². The highest BCUT2D eigenvalue weighted by Crippen LogP contribution is 2.42. The van der Waals surface area contributed by atoms with Crippen molar-refractivity contribution in [3.63, 3.8) is 0 Å². The number of halogens is 1. The predicted molar refractivity (Wildman–Crippen MR) is 112 cm³/mol. The van der Waals surface area contributed by atoms with E-state index in [1.54, 1.807) is 11.3 Å². The molecule has 8 heteroatoms. The van der Waals surface area contributed by atoms with Crippen LogP contribution in [0.25, 0.3) is 0 Å². The summed E-state index contributed by atoms with van der Waals surface area (Å²) in [5.74, 6) is 0.866. The Morgan fingerprint density at radius 1 is 1.15 bits per heavy atom. The van der Waals surface area contributed by atoms with Crippen molar-refractivity contribution in [2.45, 2.75) is 63.2 Å². The highest BCUT2D eigenvalue weighted by atomic mass is 79.9. The van der Waals surface area contributed by atoms with Crippen LogP contribution in [0.3, 0.4) is 0 Å². The third-order valence-electron chi connectivity index (χ3n) is 5.79. The molecule has 2 heterocycles. The largest absolute Gasteiger partial charge is 0.469 e. The molecule has 0 radical (unpaired) electrons. The molecule has 1 amide bonds. The molecule has 0 atom stereocenters. The molecule has 1 aliphatic heterocycles. The van der Waals surface area contributed by atoms with E-state index in [2.05, 4.69) is 10.3 Å². The fourth-order valence-corrected chi connectivity index (χ4v) is 5.59. The molecule has 0 spiro atoms. The second-order valence-electron chi connectivity index (χ2n) is 7.49. The number of ether oxygens (including phenoxy) is 1. The molecule has 0 aromatic carbocycles. The Morgan fingerprint density at radius 2 is 1.81 bits per heavy atom. The molecule has 1 aromatic rings. The maximum atomic E-state index is 11.9. The fraction of sp³-hybridized carbons (Fsp3) is 0.737. The van der Waals surface area contributed by atoms with Crippen molar-refractivity contribution in [1.82, 2.24) is 10.3 Å². The second kappa shape index (κ2) is 10.5. The number of nitrogens with one attached hydrogen (secondary N) is 1. The van der Waals surface area contributed by atoms with Gasteiger partial charge >= 0.3 is 5.97 Å². The third-order valence-corrected chi connectivity index (χ3v) is 7.17. The molecular weight excluding hydrogens is 430 g/mol. The lowest BCUT2D eigenvalue weighted by atomic mass is 9.79. The standard InChI is InChI=1S/C19H29N3O3S.BrH/c1-25-15(23)7-4-12-2-5-13(6-3-12)17-16(18(20)24)22-19(26-17)14-8-10-21-11-9-14;/h12-14,21H,2-11H2,1H3,(H2,20,24);1H. The first kappa shape index (κ1) is 22.3. The topological polar surface area (TPSA) is 94.3 Å². The second-order valence-corrected chi connectivity index (χ2v) is 8.55. The number of methoxy groups -OCH3 is 1. The van der Waals surface area contributed by atoms with Crippen molar-refractivity contribution in [3.8, 4) is 0 Å². The lowest BCUT2D eigenvalue weighted by molar-refractivity contribution is -0.141. The van der Waals surface area contributed by atoms with Gasteiger partial charge in [0.05, 0.1) is 12.1 Å². The number of piperidine rings is 1. The molecule has 1 saturated heterocycles. The normalized spacial score (nSPS) is 23.4. The van der Waals surface area contributed by atoms with Crippen LogP contribution in [-0.4, -0.2) is 37.1 Å². The van der Waals surface area contributed by atoms with Crippen LogP contribution in [0.15, 0.2) is 0 Å². The van der Waals surface area contributed by atoms with Crippen LogP contribution in [0.1, 0.15) is 83.6 Å². The molecule has 2 aliphatic rings. The van der Waals surface area contributed by atoms with Gasteiger partial charge in [0, 0.05) is 17.2 Å². The number of carbonyl (C=O) groups excluding carboxylic acids is 2. The van der Waals surface area contributed by atoms with Gasteiger partial charge in [-0.15, -0.1) is 28.3 Å². The zero-order chi connectivity index (χ0) is 18.5. The van der Waals surface area contributed by atoms with Crippen molar-refractivity contribution in [1.29, 1.82) is 0 Å². The number of hydrogen-bond donors (Lipinski definition) is 2. The monoisotopic (exact) mass is 459 g/mol. The molecule has 0 unspecified atom stereocenters. The average molecular weight is 460 g/mol. The van der Waals surface area contributed by atoms with E-state index in [-0.39, 0.29) is 23.0 Å². The zero-order valence-corrected chi connectivity index (χ0v) is 18.4. The van der Waals surface area contributed by atoms with Crippen LogP contribution in [0.2, 0.25) is 0 Å². The molecule has 1 aromatic heterocycles. The minimum Gasteiger partial charge on any atom is -0.469 e. The summed E-state index contributed by atoms with van der Waals surface area (Å²) in [7, 11) is 1.44. The molecule has 0 bridgehead atoms. The predicted octanol–water partition coefficient (Wildman–Crippen LogP) is 3.51. The third kappa shape index (κ3) is 5.74. The summed E-state index contributed by atoms with van der Waals surface area (Å²) in [6.45, 7) is 2.02. The lowest BCUT2D eigenvalue weighted by Crippen LogP contribution is -2.26. The molecule has 6 nitrogen and oxygen atoms in total. The van der Waals surface area contributed by atoms with Crippen molar-refractivity contribution in [2.75, 3.05) is 20.2 Å². The minimum atomic E-state index is -0.399. The molecule has 1 aliphatic carbocycles. The van der Waals surface area contributed by atoms with Crippen LogP contribution in [0.4, 0.5) is 0 Å². The van der Waals surface area contributed by atoms with Gasteiger partial charge in [-0.3, -0.25) is 9.59 Å². The highest BCUT2D eigenvalue weighted by Gasteiger charge is 2.30. The van der Waals surface area contributed by atoms with Crippen LogP contribution in [-0.2, 0) is 9.53 Å². The van der Waals surface area contributed by atoms with Gasteiger partial charge in [-0.1, -0.05) is 0 Å². The molecule has 3 rings (SSSR count). The first-order valence-corrected chi connectivity index (χ1v) is 10.5. The Bertz CT molecular complexity index is 638. The van der Waals surface area contributed by atoms with E-state index in [1.165, 1.54) is 7.11 Å². The zero-order valence-electron chi connectivity index (χ0n) is 15.9. The number of carbonyl (C=O) groups is 2. The Labute approximate surface area is 175 Å². The number of rotatable bonds is 6. The van der Waals surface area contributed by atoms with Crippen molar-refractivity contribution < 1.29 is 14.3 Å². The van der Waals surface area contributed by atoms with Gasteiger partial charge in [0.25, 0.3) is 5.91 Å². The quantitative estimate of drug-likeness (QED) is 0.634. The summed E-state index contributed by atoms with van der Waals surface area (Å²) < 4.78 is 4.73. The molecule has 152 valence electrons. The van der Waals surface area contributed by atoms with E-state index in [9.17, 15) is 9.59 Å². The molecule has 27 heavy (non-hydrogen) atoms. The minimum absolute atomic E-state index is 0. The number of esters is 1. The Balaban J connectivity index is 0.00000261. The van der Waals surface area contributed by atoms with Gasteiger partial charge in [0.2, 0.25) is 0 Å². The number of amides is 1. The maximum absolute atomic E-state index is 11.9. The van der Waals surface area contributed by atoms with E-state index < -0.39 is 5.91 Å². The Kier molecular flexibility index (Phi) is 8.69. The number of nitrogens with zero attached hydrogens (tertiary/aromatic N) is 1. The van der Waals surface area contributed by atoms with Crippen molar-refractivity contribution in [3.05, 3.63) is 15.6 Å². The molecule has 2 fully saturated rings. The number of hydrogen-bond acceptors (Lipinski definition) is 6. The van der Waals surface area contributed by atoms with Crippen LogP contribution < -0.4 is 11.1 Å². The van der Waals surface area contributed by atoms with Gasteiger partial charge in [-0.25, -0.2) is 4.98 Å². The number of nitrogens with two attached hydrogens (primary N) is 1. The summed E-state index contributed by atoms with van der Waals surface area (Å²) in [5, 5.41) is 4.46. The molecular formula is C19H30BrN3O3S. The number of primary amides is 1. The smallest absolute Gasteiger partial charge is 0.305 e. The molecule has 1 saturated carbocycles. The summed E-state index contributed by atoms with van der Waals surface area (Å²) in [6, 6.07) is 0. The average Bonchev–Trinajstić information content (AvgIpc) is 3.13. The van der Waals surface area contributed by atoms with Gasteiger partial charge in [-0.05, 0) is 69.9 Å². The Hall–Kier alpha value is -0.990. The summed E-state index contributed by atoms with van der Waals surface area (Å²) in [5.41, 5.74) is 6.13. The van der Waals surface area contributed by atoms with E-state index in [1.807, 2.05) is 0 Å². The van der Waals surface area contributed by atoms with Gasteiger partial charge < -0.3 is 15.8 Å². The van der Waals surface area contributed by atoms with E-state index in [0.29, 0.717) is 29.9 Å². The van der Waals surface area contributed by atoms with Crippen molar-refractivity contribution >= 4 is 40.2 Å². The fourth-order valence-electron chi connectivity index (χ4n) is 4.18. The van der Waals surface area contributed by atoms with Gasteiger partial charge in [0.1, 0.15) is 5.69 Å². The summed E-state index contributed by atoms with van der Waals surface area (Å²) in [6.07, 6.45) is 7.79. The number of aromatic nitrogens is 1. The van der Waals surface area contributed by atoms with Gasteiger partial charge in [-0.2, -0.15) is 0 Å². The lowest BCUT2D eigenvalue weighted by Gasteiger charge is -2.28. The maximum Gasteiger partial charge on any atom is 0.305 e. The van der Waals surface area contributed by atoms with Crippen LogP contribution in [0, 0.1) is 5.92 Å². The summed E-state index contributed by atoms with van der Waals surface area (Å²) >= 11 is 1.71. The van der Waals surface area contributed by atoms with E-state index >= 15 is 0 Å².